The largest absolute Gasteiger partial charge is 0.399 e. The first-order chi connectivity index (χ1) is 9.63. The summed E-state index contributed by atoms with van der Waals surface area (Å²) in [6.07, 6.45) is 0. The van der Waals surface area contributed by atoms with Gasteiger partial charge in [-0.3, -0.25) is 0 Å². The molecule has 4 nitrogen and oxygen atoms in total. The van der Waals surface area contributed by atoms with Crippen LogP contribution in [-0.4, -0.2) is 10.1 Å². The van der Waals surface area contributed by atoms with E-state index in [2.05, 4.69) is 10.1 Å². The van der Waals surface area contributed by atoms with Crippen molar-refractivity contribution in [1.82, 2.24) is 10.1 Å². The highest BCUT2D eigenvalue weighted by Gasteiger charge is 2.11. The highest BCUT2D eigenvalue weighted by molar-refractivity contribution is 6.31. The van der Waals surface area contributed by atoms with Crippen LogP contribution < -0.4 is 5.73 Å². The van der Waals surface area contributed by atoms with E-state index < -0.39 is 0 Å². The molecule has 0 radical (unpaired) electrons. The predicted octanol–water partition coefficient (Wildman–Crippen LogP) is 3.95. The lowest BCUT2D eigenvalue weighted by Gasteiger charge is -1.99. The number of nitrogens with zero attached hydrogens (tertiary/aromatic N) is 2. The van der Waals surface area contributed by atoms with Crippen molar-refractivity contribution in [3.05, 3.63) is 53.1 Å². The Kier molecular flexibility index (Phi) is 3.16. The number of nitrogens with two attached hydrogens (primary N) is 1. The van der Waals surface area contributed by atoms with Crippen LogP contribution in [0.5, 0.6) is 0 Å². The van der Waals surface area contributed by atoms with Gasteiger partial charge in [0, 0.05) is 21.8 Å². The maximum atomic E-state index is 6.01. The highest BCUT2D eigenvalue weighted by atomic mass is 35.5. The average molecular weight is 286 g/mol. The van der Waals surface area contributed by atoms with Crippen LogP contribution in [0.15, 0.2) is 47.0 Å². The van der Waals surface area contributed by atoms with Gasteiger partial charge in [-0.1, -0.05) is 16.8 Å². The lowest BCUT2D eigenvalue weighted by Crippen LogP contribution is -1.85. The lowest BCUT2D eigenvalue weighted by molar-refractivity contribution is 0.432. The van der Waals surface area contributed by atoms with Gasteiger partial charge in [0.2, 0.25) is 5.82 Å². The molecule has 3 rings (SSSR count). The smallest absolute Gasteiger partial charge is 0.258 e. The van der Waals surface area contributed by atoms with Gasteiger partial charge in [-0.05, 0) is 55.0 Å². The van der Waals surface area contributed by atoms with Crippen molar-refractivity contribution in [2.45, 2.75) is 6.92 Å². The van der Waals surface area contributed by atoms with Crippen molar-refractivity contribution in [3.63, 3.8) is 0 Å². The molecular weight excluding hydrogens is 274 g/mol. The van der Waals surface area contributed by atoms with Crippen molar-refractivity contribution in [2.24, 2.45) is 0 Å². The van der Waals surface area contributed by atoms with Gasteiger partial charge < -0.3 is 10.3 Å². The van der Waals surface area contributed by atoms with Crippen molar-refractivity contribution in [2.75, 3.05) is 5.73 Å². The van der Waals surface area contributed by atoms with Crippen molar-refractivity contribution >= 4 is 17.3 Å². The Morgan fingerprint density at radius 2 is 1.75 bits per heavy atom. The van der Waals surface area contributed by atoms with Gasteiger partial charge in [-0.2, -0.15) is 4.98 Å². The summed E-state index contributed by atoms with van der Waals surface area (Å²) in [6.45, 7) is 1.93. The molecule has 2 aromatic carbocycles. The fourth-order valence-electron chi connectivity index (χ4n) is 1.87. The number of aryl methyl sites for hydroxylation is 1. The molecule has 0 saturated carbocycles. The Morgan fingerprint density at radius 1 is 1.05 bits per heavy atom. The monoisotopic (exact) mass is 285 g/mol. The minimum atomic E-state index is 0.469. The summed E-state index contributed by atoms with van der Waals surface area (Å²) in [5, 5.41) is 4.70. The second-order valence-corrected chi connectivity index (χ2v) is 4.92. The molecule has 100 valence electrons. The van der Waals surface area contributed by atoms with Gasteiger partial charge in [-0.25, -0.2) is 0 Å². The lowest BCUT2D eigenvalue weighted by atomic mass is 10.1. The minimum absolute atomic E-state index is 0.469. The molecule has 0 fully saturated rings. The van der Waals surface area contributed by atoms with Gasteiger partial charge in [0.15, 0.2) is 0 Å². The van der Waals surface area contributed by atoms with Gasteiger partial charge in [-0.15, -0.1) is 0 Å². The van der Waals surface area contributed by atoms with Crippen LogP contribution in [0.1, 0.15) is 5.56 Å². The first-order valence-electron chi connectivity index (χ1n) is 6.09. The van der Waals surface area contributed by atoms with E-state index >= 15 is 0 Å². The molecule has 0 amide bonds. The number of hydrogen-bond acceptors (Lipinski definition) is 4. The number of anilines is 1. The molecule has 0 aliphatic heterocycles. The topological polar surface area (TPSA) is 64.9 Å². The number of aromatic nitrogens is 2. The summed E-state index contributed by atoms with van der Waals surface area (Å²) in [5.41, 5.74) is 9.03. The third kappa shape index (κ3) is 2.38. The zero-order valence-corrected chi connectivity index (χ0v) is 11.6. The summed E-state index contributed by atoms with van der Waals surface area (Å²) in [5.74, 6) is 1.00. The SMILES string of the molecule is Cc1cc(-c2nc(-c3ccc(N)cc3)no2)ccc1Cl. The van der Waals surface area contributed by atoms with Crippen LogP contribution in [0.2, 0.25) is 5.02 Å². The Bertz CT molecular complexity index is 750. The van der Waals surface area contributed by atoms with Crippen molar-refractivity contribution in [3.8, 4) is 22.8 Å². The standard InChI is InChI=1S/C15H12ClN3O/c1-9-8-11(4-7-13(9)16)15-18-14(19-20-15)10-2-5-12(17)6-3-10/h2-8H,17H2,1H3. The zero-order chi connectivity index (χ0) is 14.1. The Hall–Kier alpha value is -2.33. The summed E-state index contributed by atoms with van der Waals surface area (Å²) in [6, 6.07) is 12.9. The van der Waals surface area contributed by atoms with E-state index in [9.17, 15) is 0 Å². The summed E-state index contributed by atoms with van der Waals surface area (Å²) < 4.78 is 5.29. The van der Waals surface area contributed by atoms with Gasteiger partial charge in [0.1, 0.15) is 0 Å². The maximum absolute atomic E-state index is 6.01. The van der Waals surface area contributed by atoms with Crippen LogP contribution in [0.4, 0.5) is 5.69 Å². The highest BCUT2D eigenvalue weighted by Crippen LogP contribution is 2.26. The maximum Gasteiger partial charge on any atom is 0.258 e. The Labute approximate surface area is 121 Å². The second kappa shape index (κ2) is 4.98. The molecule has 3 aromatic rings. The molecule has 0 atom stereocenters. The number of rotatable bonds is 2. The van der Waals surface area contributed by atoms with E-state index in [1.54, 1.807) is 12.1 Å². The van der Waals surface area contributed by atoms with E-state index in [1.165, 1.54) is 0 Å². The first-order valence-corrected chi connectivity index (χ1v) is 6.47. The number of hydrogen-bond donors (Lipinski definition) is 1. The summed E-state index contributed by atoms with van der Waals surface area (Å²) >= 11 is 6.01. The fourth-order valence-corrected chi connectivity index (χ4v) is 1.99. The van der Waals surface area contributed by atoms with Crippen LogP contribution >= 0.6 is 11.6 Å². The average Bonchev–Trinajstić information content (AvgIpc) is 2.92. The molecule has 2 N–H and O–H groups in total. The van der Waals surface area contributed by atoms with E-state index in [1.807, 2.05) is 37.3 Å². The predicted molar refractivity (Wildman–Crippen MR) is 79.3 cm³/mol. The first kappa shape index (κ1) is 12.7. The molecular formula is C15H12ClN3O. The van der Waals surface area contributed by atoms with E-state index in [0.717, 1.165) is 16.7 Å². The molecule has 0 aliphatic carbocycles. The Balaban J connectivity index is 1.97. The third-order valence-electron chi connectivity index (χ3n) is 3.00. The summed E-state index contributed by atoms with van der Waals surface area (Å²) in [7, 11) is 0. The molecule has 1 heterocycles. The quantitative estimate of drug-likeness (QED) is 0.724. The molecule has 0 bridgehead atoms. The molecule has 0 aliphatic rings. The van der Waals surface area contributed by atoms with Crippen LogP contribution in [0.25, 0.3) is 22.8 Å². The molecule has 0 spiro atoms. The van der Waals surface area contributed by atoms with E-state index in [0.29, 0.717) is 22.4 Å². The minimum Gasteiger partial charge on any atom is -0.399 e. The molecule has 1 aromatic heterocycles. The number of nitrogen functional groups attached to an aromatic ring is 1. The summed E-state index contributed by atoms with van der Waals surface area (Å²) in [4.78, 5) is 4.39. The molecule has 0 saturated heterocycles. The molecule has 0 unspecified atom stereocenters. The molecule has 5 heteroatoms. The van der Waals surface area contributed by atoms with E-state index in [4.69, 9.17) is 21.9 Å². The van der Waals surface area contributed by atoms with Crippen LogP contribution in [0, 0.1) is 6.92 Å². The Morgan fingerprint density at radius 3 is 2.45 bits per heavy atom. The normalized spacial score (nSPS) is 10.7. The number of halogens is 1. The molecule has 20 heavy (non-hydrogen) atoms. The van der Waals surface area contributed by atoms with Crippen LogP contribution in [-0.2, 0) is 0 Å². The number of benzene rings is 2. The van der Waals surface area contributed by atoms with Gasteiger partial charge >= 0.3 is 0 Å². The van der Waals surface area contributed by atoms with Crippen molar-refractivity contribution < 1.29 is 4.52 Å². The van der Waals surface area contributed by atoms with Crippen molar-refractivity contribution in [1.29, 1.82) is 0 Å². The van der Waals surface area contributed by atoms with Gasteiger partial charge in [0.25, 0.3) is 5.89 Å². The zero-order valence-electron chi connectivity index (χ0n) is 10.8. The fraction of sp³-hybridized carbons (Fsp3) is 0.0667. The van der Waals surface area contributed by atoms with E-state index in [-0.39, 0.29) is 0 Å². The van der Waals surface area contributed by atoms with Crippen LogP contribution in [0.3, 0.4) is 0 Å². The second-order valence-electron chi connectivity index (χ2n) is 4.51. The van der Waals surface area contributed by atoms with Gasteiger partial charge in [0.05, 0.1) is 0 Å². The third-order valence-corrected chi connectivity index (χ3v) is 3.42.